The fourth-order valence-electron chi connectivity index (χ4n) is 1.41. The first-order valence-electron chi connectivity index (χ1n) is 5.01. The van der Waals surface area contributed by atoms with Gasteiger partial charge < -0.3 is 9.73 Å². The molecule has 82 valence electrons. The van der Waals surface area contributed by atoms with Crippen molar-refractivity contribution < 1.29 is 9.21 Å². The zero-order valence-corrected chi connectivity index (χ0v) is 8.88. The van der Waals surface area contributed by atoms with Gasteiger partial charge in [0.05, 0.1) is 12.3 Å². The summed E-state index contributed by atoms with van der Waals surface area (Å²) >= 11 is 0. The van der Waals surface area contributed by atoms with Gasteiger partial charge in [-0.3, -0.25) is 9.78 Å². The van der Waals surface area contributed by atoms with Crippen LogP contribution in [0.2, 0.25) is 0 Å². The Labute approximate surface area is 93.3 Å². The van der Waals surface area contributed by atoms with E-state index in [9.17, 15) is 4.79 Å². The number of furan rings is 1. The summed E-state index contributed by atoms with van der Waals surface area (Å²) in [5.74, 6) is 0.107. The lowest BCUT2D eigenvalue weighted by atomic mass is 10.1. The van der Waals surface area contributed by atoms with E-state index in [2.05, 4.69) is 10.3 Å². The minimum Gasteiger partial charge on any atom is -0.459 e. The van der Waals surface area contributed by atoms with Crippen LogP contribution in [0.15, 0.2) is 47.3 Å². The smallest absolute Gasteiger partial charge is 0.287 e. The van der Waals surface area contributed by atoms with Gasteiger partial charge in [0, 0.05) is 12.4 Å². The van der Waals surface area contributed by atoms with E-state index >= 15 is 0 Å². The first-order valence-corrected chi connectivity index (χ1v) is 5.01. The van der Waals surface area contributed by atoms with Crippen molar-refractivity contribution in [1.29, 1.82) is 0 Å². The van der Waals surface area contributed by atoms with E-state index < -0.39 is 0 Å². The Morgan fingerprint density at radius 3 is 2.75 bits per heavy atom. The van der Waals surface area contributed by atoms with Crippen LogP contribution < -0.4 is 5.32 Å². The average molecular weight is 216 g/mol. The minimum absolute atomic E-state index is 0.0689. The first-order chi connectivity index (χ1) is 7.77. The Balaban J connectivity index is 2.03. The molecule has 0 radical (unpaired) electrons. The number of hydrogen-bond donors (Lipinski definition) is 1. The quantitative estimate of drug-likeness (QED) is 0.855. The normalized spacial score (nSPS) is 12.1. The van der Waals surface area contributed by atoms with E-state index in [4.69, 9.17) is 4.42 Å². The van der Waals surface area contributed by atoms with Gasteiger partial charge in [0.2, 0.25) is 0 Å². The molecule has 2 aromatic rings. The second-order valence-electron chi connectivity index (χ2n) is 3.45. The molecule has 0 saturated heterocycles. The third-order valence-corrected chi connectivity index (χ3v) is 2.30. The number of pyridine rings is 1. The molecule has 1 unspecified atom stereocenters. The fraction of sp³-hybridized carbons (Fsp3) is 0.167. The number of hydrogen-bond acceptors (Lipinski definition) is 3. The highest BCUT2D eigenvalue weighted by molar-refractivity contribution is 5.91. The fourth-order valence-corrected chi connectivity index (χ4v) is 1.41. The number of amides is 1. The van der Waals surface area contributed by atoms with Crippen LogP contribution >= 0.6 is 0 Å². The highest BCUT2D eigenvalue weighted by Crippen LogP contribution is 2.11. The zero-order valence-electron chi connectivity index (χ0n) is 8.88. The van der Waals surface area contributed by atoms with Crippen molar-refractivity contribution in [2.45, 2.75) is 13.0 Å². The van der Waals surface area contributed by atoms with Crippen molar-refractivity contribution in [2.24, 2.45) is 0 Å². The molecule has 2 aromatic heterocycles. The van der Waals surface area contributed by atoms with Crippen molar-refractivity contribution in [3.63, 3.8) is 0 Å². The summed E-state index contributed by atoms with van der Waals surface area (Å²) in [6, 6.07) is 6.99. The summed E-state index contributed by atoms with van der Waals surface area (Å²) in [5, 5.41) is 2.84. The topological polar surface area (TPSA) is 55.1 Å². The van der Waals surface area contributed by atoms with E-state index in [0.29, 0.717) is 5.76 Å². The second-order valence-corrected chi connectivity index (χ2v) is 3.45. The van der Waals surface area contributed by atoms with E-state index in [1.165, 1.54) is 6.26 Å². The van der Waals surface area contributed by atoms with Crippen molar-refractivity contribution in [1.82, 2.24) is 10.3 Å². The molecule has 4 heteroatoms. The molecule has 0 aliphatic carbocycles. The Kier molecular flexibility index (Phi) is 3.00. The Morgan fingerprint density at radius 2 is 2.12 bits per heavy atom. The van der Waals surface area contributed by atoms with Crippen LogP contribution in [-0.2, 0) is 0 Å². The van der Waals surface area contributed by atoms with Gasteiger partial charge in [-0.1, -0.05) is 0 Å². The predicted octanol–water partition coefficient (Wildman–Crippen LogP) is 2.17. The van der Waals surface area contributed by atoms with Crippen LogP contribution in [0.4, 0.5) is 0 Å². The highest BCUT2D eigenvalue weighted by atomic mass is 16.3. The number of carbonyl (C=O) groups excluding carboxylic acids is 1. The second kappa shape index (κ2) is 4.61. The molecule has 16 heavy (non-hydrogen) atoms. The van der Waals surface area contributed by atoms with E-state index in [1.54, 1.807) is 24.5 Å². The molecule has 0 aromatic carbocycles. The number of nitrogens with zero attached hydrogens (tertiary/aromatic N) is 1. The van der Waals surface area contributed by atoms with Crippen molar-refractivity contribution in [3.05, 3.63) is 54.2 Å². The lowest BCUT2D eigenvalue weighted by molar-refractivity contribution is 0.0912. The van der Waals surface area contributed by atoms with Crippen LogP contribution in [0.25, 0.3) is 0 Å². The molecular weight excluding hydrogens is 204 g/mol. The van der Waals surface area contributed by atoms with Gasteiger partial charge in [-0.25, -0.2) is 0 Å². The Hall–Kier alpha value is -2.10. The van der Waals surface area contributed by atoms with Crippen LogP contribution in [0.3, 0.4) is 0 Å². The summed E-state index contributed by atoms with van der Waals surface area (Å²) in [4.78, 5) is 15.6. The summed E-state index contributed by atoms with van der Waals surface area (Å²) in [7, 11) is 0. The van der Waals surface area contributed by atoms with Gasteiger partial charge in [-0.2, -0.15) is 0 Å². The van der Waals surface area contributed by atoms with Crippen molar-refractivity contribution >= 4 is 5.91 Å². The van der Waals surface area contributed by atoms with Crippen LogP contribution in [0, 0.1) is 0 Å². The third kappa shape index (κ3) is 2.28. The van der Waals surface area contributed by atoms with Crippen LogP contribution in [0.1, 0.15) is 29.1 Å². The largest absolute Gasteiger partial charge is 0.459 e. The maximum Gasteiger partial charge on any atom is 0.287 e. The van der Waals surface area contributed by atoms with Crippen LogP contribution in [-0.4, -0.2) is 10.9 Å². The third-order valence-electron chi connectivity index (χ3n) is 2.30. The molecule has 0 aliphatic rings. The van der Waals surface area contributed by atoms with E-state index in [1.807, 2.05) is 19.1 Å². The molecule has 1 N–H and O–H groups in total. The van der Waals surface area contributed by atoms with Crippen molar-refractivity contribution in [3.8, 4) is 0 Å². The van der Waals surface area contributed by atoms with Gasteiger partial charge >= 0.3 is 0 Å². The maximum absolute atomic E-state index is 11.7. The summed E-state index contributed by atoms with van der Waals surface area (Å²) in [6.07, 6.45) is 4.88. The zero-order chi connectivity index (χ0) is 11.4. The molecule has 4 nitrogen and oxygen atoms in total. The van der Waals surface area contributed by atoms with E-state index in [0.717, 1.165) is 5.56 Å². The molecule has 0 bridgehead atoms. The van der Waals surface area contributed by atoms with Crippen LogP contribution in [0.5, 0.6) is 0 Å². The first kappa shape index (κ1) is 10.4. The van der Waals surface area contributed by atoms with Gasteiger partial charge in [-0.05, 0) is 36.8 Å². The predicted molar refractivity (Wildman–Crippen MR) is 58.8 cm³/mol. The number of rotatable bonds is 3. The summed E-state index contributed by atoms with van der Waals surface area (Å²) in [5.41, 5.74) is 1.01. The molecule has 1 atom stereocenters. The lowest BCUT2D eigenvalue weighted by Gasteiger charge is -2.12. The maximum atomic E-state index is 11.7. The van der Waals surface area contributed by atoms with Gasteiger partial charge in [0.15, 0.2) is 5.76 Å². The van der Waals surface area contributed by atoms with Gasteiger partial charge in [0.25, 0.3) is 5.91 Å². The monoisotopic (exact) mass is 216 g/mol. The number of carbonyl (C=O) groups is 1. The molecule has 0 spiro atoms. The lowest BCUT2D eigenvalue weighted by Crippen LogP contribution is -2.26. The summed E-state index contributed by atoms with van der Waals surface area (Å²) in [6.45, 7) is 1.91. The standard InChI is InChI=1S/C12H12N2O2/c1-9(10-4-6-13-7-5-10)14-12(15)11-3-2-8-16-11/h2-9H,1H3,(H,14,15). The average Bonchev–Trinajstić information content (AvgIpc) is 2.83. The molecule has 0 fully saturated rings. The number of aromatic nitrogens is 1. The van der Waals surface area contributed by atoms with Gasteiger partial charge in [-0.15, -0.1) is 0 Å². The van der Waals surface area contributed by atoms with Crippen molar-refractivity contribution in [2.75, 3.05) is 0 Å². The highest BCUT2D eigenvalue weighted by Gasteiger charge is 2.12. The SMILES string of the molecule is CC(NC(=O)c1ccco1)c1ccncc1. The Morgan fingerprint density at radius 1 is 1.38 bits per heavy atom. The minimum atomic E-state index is -0.214. The summed E-state index contributed by atoms with van der Waals surface area (Å²) < 4.78 is 5.01. The molecule has 0 saturated carbocycles. The number of nitrogens with one attached hydrogen (secondary N) is 1. The molecule has 0 aliphatic heterocycles. The van der Waals surface area contributed by atoms with Gasteiger partial charge in [0.1, 0.15) is 0 Å². The molecule has 2 heterocycles. The van der Waals surface area contributed by atoms with E-state index in [-0.39, 0.29) is 11.9 Å². The molecular formula is C12H12N2O2. The molecule has 1 amide bonds. The molecule has 2 rings (SSSR count). The Bertz CT molecular complexity index is 451.